The first kappa shape index (κ1) is 14.7. The molecular weight excluding hydrogens is 330 g/mol. The summed E-state index contributed by atoms with van der Waals surface area (Å²) in [7, 11) is 0. The number of hydrogen-bond acceptors (Lipinski definition) is 2. The topological polar surface area (TPSA) is 29.5 Å². The fourth-order valence-electron chi connectivity index (χ4n) is 2.06. The van der Waals surface area contributed by atoms with E-state index in [1.165, 1.54) is 5.56 Å². The van der Waals surface area contributed by atoms with E-state index in [1.807, 2.05) is 32.9 Å². The van der Waals surface area contributed by atoms with Crippen LogP contribution < -0.4 is 0 Å². The van der Waals surface area contributed by atoms with Crippen LogP contribution in [-0.2, 0) is 17.7 Å². The molecule has 0 bridgehead atoms. The number of fused-ring (bicyclic) bond motifs is 1. The van der Waals surface area contributed by atoms with Gasteiger partial charge in [0.2, 0.25) is 0 Å². The maximum Gasteiger partial charge on any atom is 0.410 e. The number of carbonyl (C=O) groups is 1. The average molecular weight is 347 g/mol. The van der Waals surface area contributed by atoms with E-state index in [9.17, 15) is 4.79 Å². The molecule has 2 rings (SSSR count). The summed E-state index contributed by atoms with van der Waals surface area (Å²) in [5.74, 6) is 0. The van der Waals surface area contributed by atoms with Crippen molar-refractivity contribution in [2.24, 2.45) is 0 Å². The Labute approximate surface area is 127 Å². The van der Waals surface area contributed by atoms with E-state index >= 15 is 0 Å². The molecule has 0 unspecified atom stereocenters. The molecule has 19 heavy (non-hydrogen) atoms. The zero-order valence-electron chi connectivity index (χ0n) is 11.3. The molecule has 0 spiro atoms. The molecular formula is C14H17BrClNO2. The molecule has 3 nitrogen and oxygen atoms in total. The van der Waals surface area contributed by atoms with Crippen LogP contribution in [-0.4, -0.2) is 23.1 Å². The predicted molar refractivity (Wildman–Crippen MR) is 79.5 cm³/mol. The highest BCUT2D eigenvalue weighted by atomic mass is 79.9. The van der Waals surface area contributed by atoms with Crippen molar-refractivity contribution in [3.8, 4) is 0 Å². The van der Waals surface area contributed by atoms with Crippen molar-refractivity contribution in [2.75, 3.05) is 6.54 Å². The van der Waals surface area contributed by atoms with Crippen molar-refractivity contribution in [1.82, 2.24) is 4.90 Å². The van der Waals surface area contributed by atoms with E-state index in [0.717, 1.165) is 21.5 Å². The minimum atomic E-state index is -0.464. The summed E-state index contributed by atoms with van der Waals surface area (Å²) < 4.78 is 6.35. The average Bonchev–Trinajstić information content (AvgIpc) is 2.25. The van der Waals surface area contributed by atoms with Gasteiger partial charge in [0, 0.05) is 16.0 Å². The maximum atomic E-state index is 12.1. The molecule has 5 heteroatoms. The van der Waals surface area contributed by atoms with Gasteiger partial charge in [0.1, 0.15) is 5.60 Å². The van der Waals surface area contributed by atoms with Crippen LogP contribution in [0.1, 0.15) is 31.9 Å². The standard InChI is InChI=1S/C14H17BrClNO2/c1-14(2,3)19-13(18)17-5-4-9-6-10(16)7-12(15)11(9)8-17/h6-7H,4-5,8H2,1-3H3. The molecule has 0 aromatic heterocycles. The van der Waals surface area contributed by atoms with Gasteiger partial charge in [0.15, 0.2) is 0 Å². The maximum absolute atomic E-state index is 12.1. The third kappa shape index (κ3) is 3.63. The van der Waals surface area contributed by atoms with Crippen molar-refractivity contribution in [3.63, 3.8) is 0 Å². The summed E-state index contributed by atoms with van der Waals surface area (Å²) in [4.78, 5) is 13.8. The summed E-state index contributed by atoms with van der Waals surface area (Å²) >= 11 is 9.54. The van der Waals surface area contributed by atoms with Gasteiger partial charge >= 0.3 is 6.09 Å². The second-order valence-electron chi connectivity index (χ2n) is 5.68. The van der Waals surface area contributed by atoms with Crippen LogP contribution >= 0.6 is 27.5 Å². The lowest BCUT2D eigenvalue weighted by atomic mass is 10.0. The second-order valence-corrected chi connectivity index (χ2v) is 6.97. The lowest BCUT2D eigenvalue weighted by Crippen LogP contribution is -2.40. The Hall–Kier alpha value is -0.740. The van der Waals surface area contributed by atoms with Crippen LogP contribution in [0.2, 0.25) is 5.02 Å². The van der Waals surface area contributed by atoms with Gasteiger partial charge in [-0.05, 0) is 50.5 Å². The number of nitrogens with zero attached hydrogens (tertiary/aromatic N) is 1. The second kappa shape index (κ2) is 5.33. The van der Waals surface area contributed by atoms with Gasteiger partial charge in [-0.25, -0.2) is 4.79 Å². The van der Waals surface area contributed by atoms with Gasteiger partial charge < -0.3 is 9.64 Å². The monoisotopic (exact) mass is 345 g/mol. The zero-order chi connectivity index (χ0) is 14.2. The molecule has 1 heterocycles. The van der Waals surface area contributed by atoms with Crippen molar-refractivity contribution < 1.29 is 9.53 Å². The van der Waals surface area contributed by atoms with Crippen molar-refractivity contribution in [3.05, 3.63) is 32.8 Å². The first-order chi connectivity index (χ1) is 8.76. The Morgan fingerprint density at radius 2 is 2.11 bits per heavy atom. The Balaban J connectivity index is 2.16. The molecule has 1 aliphatic rings. The summed E-state index contributed by atoms with van der Waals surface area (Å²) in [5, 5.41) is 0.719. The van der Waals surface area contributed by atoms with Crippen molar-refractivity contribution in [2.45, 2.75) is 39.3 Å². The third-order valence-corrected chi connectivity index (χ3v) is 3.83. The lowest BCUT2D eigenvalue weighted by molar-refractivity contribution is 0.0223. The van der Waals surface area contributed by atoms with Crippen molar-refractivity contribution in [1.29, 1.82) is 0 Å². The van der Waals surface area contributed by atoms with Crippen LogP contribution in [0.3, 0.4) is 0 Å². The van der Waals surface area contributed by atoms with Gasteiger partial charge in [0.25, 0.3) is 0 Å². The van der Waals surface area contributed by atoms with E-state index in [1.54, 1.807) is 4.90 Å². The summed E-state index contributed by atoms with van der Waals surface area (Å²) in [6, 6.07) is 3.83. The predicted octanol–water partition coefficient (Wildman–Crippen LogP) is 4.40. The van der Waals surface area contributed by atoms with Crippen LogP contribution in [0.15, 0.2) is 16.6 Å². The lowest BCUT2D eigenvalue weighted by Gasteiger charge is -2.31. The van der Waals surface area contributed by atoms with Crippen LogP contribution in [0.25, 0.3) is 0 Å². The van der Waals surface area contributed by atoms with Gasteiger partial charge in [0.05, 0.1) is 6.54 Å². The van der Waals surface area contributed by atoms with E-state index in [0.29, 0.717) is 13.1 Å². The molecule has 0 N–H and O–H groups in total. The highest BCUT2D eigenvalue weighted by molar-refractivity contribution is 9.10. The summed E-state index contributed by atoms with van der Waals surface area (Å²) in [6.45, 7) is 6.84. The zero-order valence-corrected chi connectivity index (χ0v) is 13.6. The highest BCUT2D eigenvalue weighted by Crippen LogP contribution is 2.30. The van der Waals surface area contributed by atoms with Crippen LogP contribution in [0, 0.1) is 0 Å². The number of rotatable bonds is 0. The van der Waals surface area contributed by atoms with E-state index in [2.05, 4.69) is 15.9 Å². The fourth-order valence-corrected chi connectivity index (χ4v) is 3.06. The molecule has 0 aliphatic carbocycles. The number of benzene rings is 1. The molecule has 0 radical (unpaired) electrons. The van der Waals surface area contributed by atoms with E-state index < -0.39 is 5.60 Å². The van der Waals surface area contributed by atoms with E-state index in [4.69, 9.17) is 16.3 Å². The Kier molecular flexibility index (Phi) is 4.11. The molecule has 0 atom stereocenters. The number of hydrogen-bond donors (Lipinski definition) is 0. The fraction of sp³-hybridized carbons (Fsp3) is 0.500. The molecule has 0 saturated heterocycles. The Morgan fingerprint density at radius 1 is 1.42 bits per heavy atom. The first-order valence-corrected chi connectivity index (χ1v) is 7.38. The van der Waals surface area contributed by atoms with Gasteiger partial charge in [-0.15, -0.1) is 0 Å². The first-order valence-electron chi connectivity index (χ1n) is 6.21. The summed E-state index contributed by atoms with van der Waals surface area (Å²) in [5.41, 5.74) is 1.84. The Bertz CT molecular complexity index is 511. The minimum Gasteiger partial charge on any atom is -0.444 e. The van der Waals surface area contributed by atoms with Crippen molar-refractivity contribution >= 4 is 33.6 Å². The van der Waals surface area contributed by atoms with E-state index in [-0.39, 0.29) is 6.09 Å². The van der Waals surface area contributed by atoms with Crippen LogP contribution in [0.4, 0.5) is 4.79 Å². The largest absolute Gasteiger partial charge is 0.444 e. The number of amides is 1. The molecule has 1 amide bonds. The van der Waals surface area contributed by atoms with Gasteiger partial charge in [-0.2, -0.15) is 0 Å². The number of halogens is 2. The van der Waals surface area contributed by atoms with Gasteiger partial charge in [-0.1, -0.05) is 27.5 Å². The van der Waals surface area contributed by atoms with Crippen LogP contribution in [0.5, 0.6) is 0 Å². The summed E-state index contributed by atoms with van der Waals surface area (Å²) in [6.07, 6.45) is 0.535. The number of ether oxygens (including phenoxy) is 1. The molecule has 104 valence electrons. The normalized spacial score (nSPS) is 15.1. The molecule has 0 saturated carbocycles. The SMILES string of the molecule is CC(C)(C)OC(=O)N1CCc2cc(Cl)cc(Br)c2C1. The Morgan fingerprint density at radius 3 is 2.74 bits per heavy atom. The molecule has 1 aromatic rings. The molecule has 1 aliphatic heterocycles. The number of carbonyl (C=O) groups excluding carboxylic acids is 1. The minimum absolute atomic E-state index is 0.264. The van der Waals surface area contributed by atoms with Gasteiger partial charge in [-0.3, -0.25) is 0 Å². The highest BCUT2D eigenvalue weighted by Gasteiger charge is 2.26. The quantitative estimate of drug-likeness (QED) is 0.697. The molecule has 1 aromatic carbocycles. The molecule has 0 fully saturated rings. The third-order valence-electron chi connectivity index (χ3n) is 2.90. The smallest absolute Gasteiger partial charge is 0.410 e.